The van der Waals surface area contributed by atoms with Crippen molar-refractivity contribution in [1.29, 1.82) is 0 Å². The molecule has 0 spiro atoms. The Morgan fingerprint density at radius 2 is 1.82 bits per heavy atom. The lowest BCUT2D eigenvalue weighted by molar-refractivity contribution is -0.133. The monoisotopic (exact) mass is 398 g/mol. The Morgan fingerprint density at radius 1 is 1.21 bits per heavy atom. The van der Waals surface area contributed by atoms with Crippen molar-refractivity contribution in [2.24, 2.45) is 5.92 Å². The minimum atomic E-state index is -1.29. The van der Waals surface area contributed by atoms with Gasteiger partial charge in [-0.15, -0.1) is 0 Å². The number of anilines is 1. The molecule has 1 heterocycles. The predicted molar refractivity (Wildman–Crippen MR) is 101 cm³/mol. The van der Waals surface area contributed by atoms with Crippen molar-refractivity contribution in [3.8, 4) is 0 Å². The number of aliphatic hydroxyl groups is 1. The van der Waals surface area contributed by atoms with Gasteiger partial charge in [-0.2, -0.15) is 0 Å². The quantitative estimate of drug-likeness (QED) is 0.711. The van der Waals surface area contributed by atoms with Crippen LogP contribution in [0.25, 0.3) is 0 Å². The summed E-state index contributed by atoms with van der Waals surface area (Å²) < 4.78 is 34.2. The first-order valence-corrected chi connectivity index (χ1v) is 9.37. The zero-order valence-electron chi connectivity index (χ0n) is 16.6. The van der Waals surface area contributed by atoms with E-state index < -0.39 is 41.0 Å². The van der Waals surface area contributed by atoms with Gasteiger partial charge in [0.1, 0.15) is 23.8 Å². The number of aliphatic hydroxyl groups excluding tert-OH is 1. The number of hydrogen-bond donors (Lipinski definition) is 3. The molecule has 0 bridgehead atoms. The summed E-state index contributed by atoms with van der Waals surface area (Å²) in [4.78, 5) is 24.7. The average Bonchev–Trinajstić information content (AvgIpc) is 2.58. The van der Waals surface area contributed by atoms with Crippen LogP contribution in [0.4, 0.5) is 14.5 Å². The van der Waals surface area contributed by atoms with Crippen LogP contribution in [0.1, 0.15) is 46.1 Å². The number of carbonyl (C=O) groups is 2. The fourth-order valence-electron chi connectivity index (χ4n) is 3.28. The Bertz CT molecular complexity index is 702. The van der Waals surface area contributed by atoms with Crippen LogP contribution in [0.15, 0.2) is 12.1 Å². The molecule has 8 heteroatoms. The van der Waals surface area contributed by atoms with Gasteiger partial charge >= 0.3 is 0 Å². The molecule has 0 aliphatic carbocycles. The average molecular weight is 398 g/mol. The topological polar surface area (TPSA) is 87.7 Å². The third-order valence-corrected chi connectivity index (χ3v) is 4.69. The molecule has 1 aromatic rings. The molecule has 2 amide bonds. The lowest BCUT2D eigenvalue weighted by Gasteiger charge is -2.30. The Hall–Kier alpha value is -2.06. The summed E-state index contributed by atoms with van der Waals surface area (Å²) >= 11 is 0. The van der Waals surface area contributed by atoms with Crippen LogP contribution in [0, 0.1) is 17.6 Å². The van der Waals surface area contributed by atoms with Crippen molar-refractivity contribution in [2.45, 2.75) is 58.1 Å². The first-order chi connectivity index (χ1) is 13.0. The van der Waals surface area contributed by atoms with Gasteiger partial charge in [0.25, 0.3) is 0 Å². The molecule has 0 saturated carbocycles. The lowest BCUT2D eigenvalue weighted by atomic mass is 9.86. The van der Waals surface area contributed by atoms with E-state index in [0.29, 0.717) is 13.0 Å². The van der Waals surface area contributed by atoms with Crippen molar-refractivity contribution >= 4 is 17.5 Å². The van der Waals surface area contributed by atoms with Crippen LogP contribution in [0.3, 0.4) is 0 Å². The second-order valence-electron chi connectivity index (χ2n) is 8.19. The Balaban J connectivity index is 2.23. The van der Waals surface area contributed by atoms with Gasteiger partial charge in [0.2, 0.25) is 11.8 Å². The largest absolute Gasteiger partial charge is 0.384 e. The second-order valence-corrected chi connectivity index (χ2v) is 8.19. The number of halogens is 2. The summed E-state index contributed by atoms with van der Waals surface area (Å²) in [7, 11) is 0. The minimum Gasteiger partial charge on any atom is -0.384 e. The lowest BCUT2D eigenvalue weighted by Crippen LogP contribution is -2.52. The van der Waals surface area contributed by atoms with E-state index in [-0.39, 0.29) is 23.8 Å². The van der Waals surface area contributed by atoms with E-state index in [1.165, 1.54) is 6.92 Å². The SMILES string of the molecule is C[C@H](O)C(=O)N[C@@H](C(=O)Nc1cc(F)c(C(C)(C)C)c(F)c1)C1CCCOC1. The summed E-state index contributed by atoms with van der Waals surface area (Å²) in [5.41, 5.74) is -0.838. The summed E-state index contributed by atoms with van der Waals surface area (Å²) in [5, 5.41) is 14.4. The van der Waals surface area contributed by atoms with Crippen LogP contribution in [-0.2, 0) is 19.7 Å². The number of nitrogens with one attached hydrogen (secondary N) is 2. The van der Waals surface area contributed by atoms with Crippen LogP contribution in [-0.4, -0.2) is 42.3 Å². The third kappa shape index (κ3) is 5.48. The summed E-state index contributed by atoms with van der Waals surface area (Å²) in [5.74, 6) is -3.14. The molecular weight excluding hydrogens is 370 g/mol. The highest BCUT2D eigenvalue weighted by atomic mass is 19.1. The molecule has 1 unspecified atom stereocenters. The highest BCUT2D eigenvalue weighted by Crippen LogP contribution is 2.30. The van der Waals surface area contributed by atoms with E-state index in [2.05, 4.69) is 10.6 Å². The number of carbonyl (C=O) groups excluding carboxylic acids is 2. The zero-order chi connectivity index (χ0) is 21.1. The van der Waals surface area contributed by atoms with Gasteiger partial charge in [0, 0.05) is 23.8 Å². The predicted octanol–water partition coefficient (Wildman–Crippen LogP) is 2.49. The molecule has 1 fully saturated rings. The van der Waals surface area contributed by atoms with Gasteiger partial charge in [-0.25, -0.2) is 8.78 Å². The smallest absolute Gasteiger partial charge is 0.249 e. The molecule has 0 aromatic heterocycles. The number of benzene rings is 1. The fraction of sp³-hybridized carbons (Fsp3) is 0.600. The molecule has 156 valence electrons. The van der Waals surface area contributed by atoms with Gasteiger partial charge in [0.15, 0.2) is 0 Å². The minimum absolute atomic E-state index is 0.0407. The van der Waals surface area contributed by atoms with Crippen molar-refractivity contribution in [2.75, 3.05) is 18.5 Å². The molecule has 1 aliphatic rings. The molecule has 1 aromatic carbocycles. The molecule has 0 radical (unpaired) electrons. The molecule has 1 saturated heterocycles. The van der Waals surface area contributed by atoms with E-state index in [0.717, 1.165) is 18.6 Å². The summed E-state index contributed by atoms with van der Waals surface area (Å²) in [6, 6.07) is 1.13. The maximum Gasteiger partial charge on any atom is 0.249 e. The first kappa shape index (κ1) is 22.2. The Kier molecular flexibility index (Phi) is 7.11. The van der Waals surface area contributed by atoms with Crippen molar-refractivity contribution in [3.05, 3.63) is 29.3 Å². The van der Waals surface area contributed by atoms with Crippen LogP contribution in [0.5, 0.6) is 0 Å². The highest BCUT2D eigenvalue weighted by Gasteiger charge is 2.33. The highest BCUT2D eigenvalue weighted by molar-refractivity contribution is 5.98. The van der Waals surface area contributed by atoms with Gasteiger partial charge in [-0.1, -0.05) is 20.8 Å². The van der Waals surface area contributed by atoms with Gasteiger partial charge < -0.3 is 20.5 Å². The van der Waals surface area contributed by atoms with Crippen LogP contribution in [0.2, 0.25) is 0 Å². The van der Waals surface area contributed by atoms with E-state index in [9.17, 15) is 23.5 Å². The third-order valence-electron chi connectivity index (χ3n) is 4.69. The fourth-order valence-corrected chi connectivity index (χ4v) is 3.28. The van der Waals surface area contributed by atoms with E-state index in [4.69, 9.17) is 4.74 Å². The molecule has 3 atom stereocenters. The molecule has 6 nitrogen and oxygen atoms in total. The van der Waals surface area contributed by atoms with Crippen molar-refractivity contribution in [1.82, 2.24) is 5.32 Å². The molecule has 2 rings (SSSR count). The maximum atomic E-state index is 14.4. The van der Waals surface area contributed by atoms with Gasteiger partial charge in [-0.05, 0) is 37.3 Å². The van der Waals surface area contributed by atoms with Crippen molar-refractivity contribution in [3.63, 3.8) is 0 Å². The standard InChI is InChI=1S/C20H28F2N2O4/c1-11(25)18(26)24-17(12-6-5-7-28-10-12)19(27)23-13-8-14(21)16(15(22)9-13)20(2,3)4/h8-9,11-12,17,25H,5-7,10H2,1-4H3,(H,23,27)(H,24,26)/t11-,12?,17+/m0/s1. The van der Waals surface area contributed by atoms with Crippen LogP contribution >= 0.6 is 0 Å². The maximum absolute atomic E-state index is 14.4. The normalized spacial score (nSPS) is 19.6. The van der Waals surface area contributed by atoms with E-state index in [1.54, 1.807) is 20.8 Å². The Morgan fingerprint density at radius 3 is 2.29 bits per heavy atom. The molecule has 28 heavy (non-hydrogen) atoms. The van der Waals surface area contributed by atoms with Crippen molar-refractivity contribution < 1.29 is 28.2 Å². The molecular formula is C20H28F2N2O4. The number of hydrogen-bond acceptors (Lipinski definition) is 4. The number of amides is 2. The summed E-state index contributed by atoms with van der Waals surface area (Å²) in [6.45, 7) is 7.20. The van der Waals surface area contributed by atoms with E-state index >= 15 is 0 Å². The first-order valence-electron chi connectivity index (χ1n) is 9.37. The second kappa shape index (κ2) is 8.96. The number of rotatable bonds is 5. The van der Waals surface area contributed by atoms with Crippen LogP contribution < -0.4 is 10.6 Å². The molecule has 1 aliphatic heterocycles. The summed E-state index contributed by atoms with van der Waals surface area (Å²) in [6.07, 6.45) is 0.0765. The van der Waals surface area contributed by atoms with Gasteiger partial charge in [-0.3, -0.25) is 9.59 Å². The van der Waals surface area contributed by atoms with E-state index in [1.807, 2.05) is 0 Å². The zero-order valence-corrected chi connectivity index (χ0v) is 16.6. The molecule has 3 N–H and O–H groups in total. The number of ether oxygens (including phenoxy) is 1. The van der Waals surface area contributed by atoms with Gasteiger partial charge in [0.05, 0.1) is 6.61 Å². The Labute approximate surface area is 163 Å².